The minimum absolute atomic E-state index is 0.0965. The molecule has 0 spiro atoms. The minimum atomic E-state index is -0.788. The highest BCUT2D eigenvalue weighted by atomic mass is 16.5. The third-order valence-electron chi connectivity index (χ3n) is 3.10. The van der Waals surface area contributed by atoms with Gasteiger partial charge in [-0.05, 0) is 24.3 Å². The van der Waals surface area contributed by atoms with Crippen LogP contribution in [0.15, 0.2) is 48.7 Å². The predicted molar refractivity (Wildman–Crippen MR) is 78.1 cm³/mol. The largest absolute Gasteiger partial charge is 0.504 e. The third-order valence-corrected chi connectivity index (χ3v) is 3.10. The summed E-state index contributed by atoms with van der Waals surface area (Å²) < 4.78 is 5.26. The van der Waals surface area contributed by atoms with Crippen molar-refractivity contribution in [3.63, 3.8) is 0 Å². The molecule has 6 nitrogen and oxygen atoms in total. The average Bonchev–Trinajstić information content (AvgIpc) is 2.52. The first-order valence-corrected chi connectivity index (χ1v) is 6.37. The van der Waals surface area contributed by atoms with Crippen LogP contribution in [0.4, 0.5) is 0 Å². The topological polar surface area (TPSA) is 99.9 Å². The van der Waals surface area contributed by atoms with Crippen molar-refractivity contribution >= 4 is 16.9 Å². The number of hydrogen-bond donors (Lipinski definition) is 3. The van der Waals surface area contributed by atoms with Crippen molar-refractivity contribution in [2.45, 2.75) is 0 Å². The number of nitrogens with zero attached hydrogens (tertiary/aromatic N) is 1. The zero-order valence-electron chi connectivity index (χ0n) is 11.2. The van der Waals surface area contributed by atoms with Crippen molar-refractivity contribution in [1.82, 2.24) is 4.98 Å². The van der Waals surface area contributed by atoms with E-state index in [1.807, 2.05) is 12.1 Å². The number of esters is 1. The lowest BCUT2D eigenvalue weighted by Gasteiger charge is -2.08. The zero-order chi connectivity index (χ0) is 15.7. The maximum atomic E-state index is 12.1. The molecule has 0 unspecified atom stereocenters. The molecule has 0 aliphatic rings. The van der Waals surface area contributed by atoms with Crippen molar-refractivity contribution in [3.05, 3.63) is 54.2 Å². The van der Waals surface area contributed by atoms with Gasteiger partial charge in [0.05, 0.1) is 5.56 Å². The number of phenols is 3. The van der Waals surface area contributed by atoms with Crippen molar-refractivity contribution < 1.29 is 24.9 Å². The number of phenolic OH excluding ortho intramolecular Hbond substituents is 3. The molecule has 110 valence electrons. The van der Waals surface area contributed by atoms with E-state index in [2.05, 4.69) is 4.98 Å². The molecule has 0 aliphatic heterocycles. The molecule has 2 aromatic carbocycles. The van der Waals surface area contributed by atoms with Crippen LogP contribution in [0.1, 0.15) is 10.4 Å². The smallest absolute Gasteiger partial charge is 0.343 e. The summed E-state index contributed by atoms with van der Waals surface area (Å²) >= 11 is 0. The molecular weight excluding hydrogens is 286 g/mol. The molecule has 6 heteroatoms. The van der Waals surface area contributed by atoms with Gasteiger partial charge in [-0.15, -0.1) is 0 Å². The number of benzene rings is 2. The first-order chi connectivity index (χ1) is 10.6. The molecule has 1 heterocycles. The second kappa shape index (κ2) is 5.25. The molecule has 0 aliphatic carbocycles. The van der Waals surface area contributed by atoms with Crippen LogP contribution in [-0.4, -0.2) is 26.3 Å². The Kier molecular flexibility index (Phi) is 3.27. The number of fused-ring (bicyclic) bond motifs is 1. The lowest BCUT2D eigenvalue weighted by Crippen LogP contribution is -2.08. The number of rotatable bonds is 2. The predicted octanol–water partition coefficient (Wildman–Crippen LogP) is 2.57. The van der Waals surface area contributed by atoms with E-state index in [1.165, 1.54) is 0 Å². The molecule has 0 saturated carbocycles. The van der Waals surface area contributed by atoms with E-state index in [1.54, 1.807) is 24.4 Å². The maximum absolute atomic E-state index is 12.1. The van der Waals surface area contributed by atoms with Gasteiger partial charge in [0.15, 0.2) is 23.0 Å². The maximum Gasteiger partial charge on any atom is 0.343 e. The van der Waals surface area contributed by atoms with Gasteiger partial charge >= 0.3 is 5.97 Å². The number of para-hydroxylation sites is 1. The fourth-order valence-corrected chi connectivity index (χ4v) is 2.04. The average molecular weight is 297 g/mol. The Bertz CT molecular complexity index is 847. The number of aromatic nitrogens is 1. The Balaban J connectivity index is 1.97. The Morgan fingerprint density at radius 1 is 1.00 bits per heavy atom. The summed E-state index contributed by atoms with van der Waals surface area (Å²) in [5, 5.41) is 29.0. The van der Waals surface area contributed by atoms with Gasteiger partial charge in [-0.25, -0.2) is 4.79 Å². The van der Waals surface area contributed by atoms with Crippen LogP contribution in [0, 0.1) is 0 Å². The van der Waals surface area contributed by atoms with Crippen LogP contribution in [0.5, 0.6) is 23.0 Å². The summed E-state index contributed by atoms with van der Waals surface area (Å²) in [5.41, 5.74) is 0.423. The molecule has 3 N–H and O–H groups in total. The van der Waals surface area contributed by atoms with E-state index in [0.717, 1.165) is 17.5 Å². The summed E-state index contributed by atoms with van der Waals surface area (Å²) in [6, 6.07) is 10.8. The summed E-state index contributed by atoms with van der Waals surface area (Å²) in [6.07, 6.45) is 1.58. The number of ether oxygens (including phenoxy) is 1. The van der Waals surface area contributed by atoms with Crippen LogP contribution in [0.2, 0.25) is 0 Å². The zero-order valence-corrected chi connectivity index (χ0v) is 11.2. The molecule has 0 bridgehead atoms. The van der Waals surface area contributed by atoms with Crippen LogP contribution in [0.3, 0.4) is 0 Å². The van der Waals surface area contributed by atoms with Crippen molar-refractivity contribution in [1.29, 1.82) is 0 Å². The molecule has 3 aromatic rings. The Morgan fingerprint density at radius 3 is 2.41 bits per heavy atom. The number of carbonyl (C=O) groups is 1. The van der Waals surface area contributed by atoms with Crippen LogP contribution >= 0.6 is 0 Å². The second-order valence-corrected chi connectivity index (χ2v) is 4.58. The number of hydrogen-bond acceptors (Lipinski definition) is 6. The van der Waals surface area contributed by atoms with E-state index in [9.17, 15) is 20.1 Å². The van der Waals surface area contributed by atoms with Gasteiger partial charge in [-0.2, -0.15) is 0 Å². The van der Waals surface area contributed by atoms with Gasteiger partial charge in [0, 0.05) is 11.6 Å². The van der Waals surface area contributed by atoms with Gasteiger partial charge in [-0.3, -0.25) is 4.98 Å². The van der Waals surface area contributed by atoms with E-state index < -0.39 is 23.2 Å². The van der Waals surface area contributed by atoms with E-state index >= 15 is 0 Å². The van der Waals surface area contributed by atoms with Gasteiger partial charge in [0.25, 0.3) is 0 Å². The highest BCUT2D eigenvalue weighted by molar-refractivity contribution is 5.95. The fourth-order valence-electron chi connectivity index (χ4n) is 2.04. The highest BCUT2D eigenvalue weighted by Gasteiger charge is 2.16. The van der Waals surface area contributed by atoms with Crippen molar-refractivity contribution in [2.75, 3.05) is 0 Å². The Morgan fingerprint density at radius 2 is 1.68 bits per heavy atom. The number of aromatic hydroxyl groups is 3. The lowest BCUT2D eigenvalue weighted by atomic mass is 10.2. The van der Waals surface area contributed by atoms with E-state index in [4.69, 9.17) is 4.74 Å². The molecule has 0 amide bonds. The Labute approximate surface area is 124 Å². The molecule has 0 saturated heterocycles. The molecular formula is C16H11NO5. The van der Waals surface area contributed by atoms with Gasteiger partial charge in [0.1, 0.15) is 5.52 Å². The SMILES string of the molecule is O=C(Oc1cccc2cccnc12)c1cc(O)c(O)c(O)c1. The molecule has 1 aromatic heterocycles. The van der Waals surface area contributed by atoms with E-state index in [-0.39, 0.29) is 11.3 Å². The lowest BCUT2D eigenvalue weighted by molar-refractivity contribution is 0.0736. The first-order valence-electron chi connectivity index (χ1n) is 6.37. The highest BCUT2D eigenvalue weighted by Crippen LogP contribution is 2.35. The number of carbonyl (C=O) groups excluding carboxylic acids is 1. The monoisotopic (exact) mass is 297 g/mol. The third kappa shape index (κ3) is 2.37. The number of pyridine rings is 1. The van der Waals surface area contributed by atoms with Gasteiger partial charge < -0.3 is 20.1 Å². The molecule has 22 heavy (non-hydrogen) atoms. The van der Waals surface area contributed by atoms with Crippen LogP contribution < -0.4 is 4.74 Å². The summed E-state index contributed by atoms with van der Waals surface area (Å²) in [6.45, 7) is 0. The Hall–Kier alpha value is -3.28. The van der Waals surface area contributed by atoms with E-state index in [0.29, 0.717) is 5.52 Å². The summed E-state index contributed by atoms with van der Waals surface area (Å²) in [7, 11) is 0. The van der Waals surface area contributed by atoms with Crippen molar-refractivity contribution in [3.8, 4) is 23.0 Å². The van der Waals surface area contributed by atoms with Gasteiger partial charge in [0.2, 0.25) is 0 Å². The summed E-state index contributed by atoms with van der Waals surface area (Å²) in [5.74, 6) is -2.44. The minimum Gasteiger partial charge on any atom is -0.504 e. The molecule has 0 fully saturated rings. The van der Waals surface area contributed by atoms with Crippen molar-refractivity contribution in [2.24, 2.45) is 0 Å². The second-order valence-electron chi connectivity index (χ2n) is 4.58. The summed E-state index contributed by atoms with van der Waals surface area (Å²) in [4.78, 5) is 16.3. The van der Waals surface area contributed by atoms with Gasteiger partial charge in [-0.1, -0.05) is 18.2 Å². The quantitative estimate of drug-likeness (QED) is 0.382. The standard InChI is InChI=1S/C16H11NO5/c18-11-7-10(8-12(19)15(11)20)16(21)22-13-5-1-3-9-4-2-6-17-14(9)13/h1-8,18-20H. The molecule has 0 atom stereocenters. The normalized spacial score (nSPS) is 10.5. The first kappa shape index (κ1) is 13.7. The molecule has 0 radical (unpaired) electrons. The molecule has 3 rings (SSSR count). The fraction of sp³-hybridized carbons (Fsp3) is 0. The van der Waals surface area contributed by atoms with Crippen LogP contribution in [0.25, 0.3) is 10.9 Å². The van der Waals surface area contributed by atoms with Crippen LogP contribution in [-0.2, 0) is 0 Å².